The molecule has 22 heavy (non-hydrogen) atoms. The quantitative estimate of drug-likeness (QED) is 0.800. The summed E-state index contributed by atoms with van der Waals surface area (Å²) in [5.74, 6) is -0.604. The first-order valence-corrected chi connectivity index (χ1v) is 8.22. The SMILES string of the molecule is CO[C@H]1[C@H](N(C)S(=O)(=O)c2cccc(F)c2)COC[C@H]1OC. The van der Waals surface area contributed by atoms with Crippen LogP contribution in [-0.2, 0) is 24.2 Å². The van der Waals surface area contributed by atoms with Crippen LogP contribution in [0, 0.1) is 5.82 Å². The van der Waals surface area contributed by atoms with E-state index in [1.54, 1.807) is 0 Å². The molecule has 0 bridgehead atoms. The van der Waals surface area contributed by atoms with E-state index >= 15 is 0 Å². The summed E-state index contributed by atoms with van der Waals surface area (Å²) in [6.45, 7) is 0.517. The van der Waals surface area contributed by atoms with Gasteiger partial charge >= 0.3 is 0 Å². The fraction of sp³-hybridized carbons (Fsp3) is 0.571. The number of halogens is 1. The molecular weight excluding hydrogens is 313 g/mol. The Morgan fingerprint density at radius 2 is 2.00 bits per heavy atom. The van der Waals surface area contributed by atoms with E-state index in [0.717, 1.165) is 10.4 Å². The molecule has 0 aliphatic carbocycles. The molecule has 1 fully saturated rings. The van der Waals surface area contributed by atoms with E-state index in [1.165, 1.54) is 39.5 Å². The van der Waals surface area contributed by atoms with E-state index < -0.39 is 28.0 Å². The molecule has 8 heteroatoms. The molecular formula is C14H20FNO5S. The lowest BCUT2D eigenvalue weighted by atomic mass is 10.0. The van der Waals surface area contributed by atoms with Crippen molar-refractivity contribution in [2.24, 2.45) is 0 Å². The third-order valence-electron chi connectivity index (χ3n) is 3.83. The van der Waals surface area contributed by atoms with Crippen molar-refractivity contribution < 1.29 is 27.0 Å². The Bertz CT molecular complexity index is 609. The highest BCUT2D eigenvalue weighted by molar-refractivity contribution is 7.89. The molecule has 0 unspecified atom stereocenters. The summed E-state index contributed by atoms with van der Waals surface area (Å²) in [5, 5.41) is 0. The molecule has 1 saturated heterocycles. The van der Waals surface area contributed by atoms with Gasteiger partial charge in [0.15, 0.2) is 0 Å². The van der Waals surface area contributed by atoms with Crippen LogP contribution in [0.2, 0.25) is 0 Å². The lowest BCUT2D eigenvalue weighted by molar-refractivity contribution is -0.142. The first kappa shape index (κ1) is 17.3. The lowest BCUT2D eigenvalue weighted by Gasteiger charge is -2.40. The fourth-order valence-corrected chi connectivity index (χ4v) is 3.92. The van der Waals surface area contributed by atoms with Gasteiger partial charge in [-0.15, -0.1) is 0 Å². The Labute approximate surface area is 129 Å². The van der Waals surface area contributed by atoms with Crippen molar-refractivity contribution >= 4 is 10.0 Å². The van der Waals surface area contributed by atoms with Crippen LogP contribution >= 0.6 is 0 Å². The maximum atomic E-state index is 13.3. The van der Waals surface area contributed by atoms with Crippen LogP contribution in [0.5, 0.6) is 0 Å². The second-order valence-corrected chi connectivity index (χ2v) is 7.06. The molecule has 0 radical (unpaired) electrons. The first-order chi connectivity index (χ1) is 10.4. The monoisotopic (exact) mass is 333 g/mol. The standard InChI is InChI=1S/C14H20FNO5S/c1-16(12-8-21-9-13(19-2)14(12)20-3)22(17,18)11-6-4-5-10(15)7-11/h4-7,12-14H,8-9H2,1-3H3/t12-,13-,14+/m1/s1. The van der Waals surface area contributed by atoms with Crippen LogP contribution in [0.15, 0.2) is 29.2 Å². The predicted molar refractivity (Wildman–Crippen MR) is 77.5 cm³/mol. The highest BCUT2D eigenvalue weighted by Crippen LogP contribution is 2.24. The molecule has 2 rings (SSSR count). The smallest absolute Gasteiger partial charge is 0.243 e. The third-order valence-corrected chi connectivity index (χ3v) is 5.71. The maximum Gasteiger partial charge on any atom is 0.243 e. The Morgan fingerprint density at radius 1 is 1.27 bits per heavy atom. The van der Waals surface area contributed by atoms with Crippen LogP contribution in [0.4, 0.5) is 4.39 Å². The van der Waals surface area contributed by atoms with Crippen LogP contribution in [0.3, 0.4) is 0 Å². The Morgan fingerprint density at radius 3 is 2.59 bits per heavy atom. The van der Waals surface area contributed by atoms with Crippen molar-refractivity contribution in [3.63, 3.8) is 0 Å². The second-order valence-electron chi connectivity index (χ2n) is 5.06. The molecule has 0 aromatic heterocycles. The van der Waals surface area contributed by atoms with Gasteiger partial charge in [-0.1, -0.05) is 6.07 Å². The molecule has 0 saturated carbocycles. The number of ether oxygens (including phenoxy) is 3. The Hall–Kier alpha value is -1.06. The zero-order valence-corrected chi connectivity index (χ0v) is 13.5. The zero-order valence-electron chi connectivity index (χ0n) is 12.7. The molecule has 1 aromatic carbocycles. The highest BCUT2D eigenvalue weighted by atomic mass is 32.2. The molecule has 0 amide bonds. The van der Waals surface area contributed by atoms with Gasteiger partial charge in [-0.2, -0.15) is 4.31 Å². The van der Waals surface area contributed by atoms with Gasteiger partial charge in [0.05, 0.1) is 24.2 Å². The van der Waals surface area contributed by atoms with E-state index in [2.05, 4.69) is 0 Å². The number of benzene rings is 1. The average Bonchev–Trinajstić information content (AvgIpc) is 2.53. The summed E-state index contributed by atoms with van der Waals surface area (Å²) >= 11 is 0. The summed E-state index contributed by atoms with van der Waals surface area (Å²) in [5.41, 5.74) is 0. The van der Waals surface area contributed by atoms with Gasteiger partial charge in [0.2, 0.25) is 10.0 Å². The van der Waals surface area contributed by atoms with Gasteiger partial charge in [-0.3, -0.25) is 0 Å². The van der Waals surface area contributed by atoms with Crippen molar-refractivity contribution in [2.45, 2.75) is 23.1 Å². The van der Waals surface area contributed by atoms with Crippen LogP contribution < -0.4 is 0 Å². The van der Waals surface area contributed by atoms with Gasteiger partial charge in [0.1, 0.15) is 18.0 Å². The van der Waals surface area contributed by atoms with Gasteiger partial charge in [-0.05, 0) is 18.2 Å². The van der Waals surface area contributed by atoms with Crippen molar-refractivity contribution in [1.29, 1.82) is 0 Å². The summed E-state index contributed by atoms with van der Waals surface area (Å²) in [4.78, 5) is -0.107. The van der Waals surface area contributed by atoms with E-state index in [1.807, 2.05) is 0 Å². The van der Waals surface area contributed by atoms with E-state index in [0.29, 0.717) is 6.61 Å². The number of rotatable bonds is 5. The molecule has 1 aromatic rings. The first-order valence-electron chi connectivity index (χ1n) is 6.78. The molecule has 124 valence electrons. The third kappa shape index (κ3) is 3.31. The van der Waals surface area contributed by atoms with Crippen molar-refractivity contribution in [3.05, 3.63) is 30.1 Å². The van der Waals surface area contributed by atoms with Crippen LogP contribution in [0.1, 0.15) is 0 Å². The summed E-state index contributed by atoms with van der Waals surface area (Å²) < 4.78 is 55.8. The largest absolute Gasteiger partial charge is 0.377 e. The molecule has 3 atom stereocenters. The molecule has 1 aliphatic heterocycles. The van der Waals surface area contributed by atoms with Crippen LogP contribution in [-0.4, -0.2) is 65.5 Å². The summed E-state index contributed by atoms with van der Waals surface area (Å²) in [6, 6.07) is 4.34. The molecule has 0 N–H and O–H groups in total. The summed E-state index contributed by atoms with van der Waals surface area (Å²) in [6.07, 6.45) is -0.832. The summed E-state index contributed by atoms with van der Waals surface area (Å²) in [7, 11) is 0.586. The highest BCUT2D eigenvalue weighted by Gasteiger charge is 2.41. The van der Waals surface area contributed by atoms with Crippen molar-refractivity contribution in [3.8, 4) is 0 Å². The number of sulfonamides is 1. The van der Waals surface area contributed by atoms with Gasteiger partial charge in [0, 0.05) is 21.3 Å². The van der Waals surface area contributed by atoms with E-state index in [-0.39, 0.29) is 17.6 Å². The minimum atomic E-state index is -3.86. The normalized spacial score (nSPS) is 26.3. The number of likely N-dealkylation sites (N-methyl/N-ethyl adjacent to an activating group) is 1. The zero-order chi connectivity index (χ0) is 16.3. The van der Waals surface area contributed by atoms with Crippen molar-refractivity contribution in [1.82, 2.24) is 4.31 Å². The van der Waals surface area contributed by atoms with E-state index in [4.69, 9.17) is 14.2 Å². The van der Waals surface area contributed by atoms with E-state index in [9.17, 15) is 12.8 Å². The van der Waals surface area contributed by atoms with Gasteiger partial charge in [0.25, 0.3) is 0 Å². The topological polar surface area (TPSA) is 65.1 Å². The molecule has 1 aliphatic rings. The van der Waals surface area contributed by atoms with Crippen LogP contribution in [0.25, 0.3) is 0 Å². The second kappa shape index (κ2) is 7.01. The minimum Gasteiger partial charge on any atom is -0.377 e. The van der Waals surface area contributed by atoms with Gasteiger partial charge in [-0.25, -0.2) is 12.8 Å². The molecule has 0 spiro atoms. The Kier molecular flexibility index (Phi) is 5.51. The Balaban J connectivity index is 2.30. The minimum absolute atomic E-state index is 0.107. The average molecular weight is 333 g/mol. The number of hydrogen-bond donors (Lipinski definition) is 0. The molecule has 1 heterocycles. The van der Waals surface area contributed by atoms with Gasteiger partial charge < -0.3 is 14.2 Å². The van der Waals surface area contributed by atoms with Crippen molar-refractivity contribution in [2.75, 3.05) is 34.5 Å². The number of methoxy groups -OCH3 is 2. The number of nitrogens with zero attached hydrogens (tertiary/aromatic N) is 1. The fourth-order valence-electron chi connectivity index (χ4n) is 2.54. The predicted octanol–water partition coefficient (Wildman–Crippen LogP) is 0.875. The lowest BCUT2D eigenvalue weighted by Crippen LogP contribution is -2.57. The number of hydrogen-bond acceptors (Lipinski definition) is 5. The maximum absolute atomic E-state index is 13.3. The molecule has 6 nitrogen and oxygen atoms in total.